The summed E-state index contributed by atoms with van der Waals surface area (Å²) >= 11 is 5.83. The average Bonchev–Trinajstić information content (AvgIpc) is 2.57. The van der Waals surface area contributed by atoms with Gasteiger partial charge in [0.05, 0.1) is 12.0 Å². The molecule has 1 unspecified atom stereocenters. The minimum Gasteiger partial charge on any atom is -0.336 e. The van der Waals surface area contributed by atoms with Crippen molar-refractivity contribution in [3.8, 4) is 0 Å². The van der Waals surface area contributed by atoms with Gasteiger partial charge in [-0.25, -0.2) is 0 Å². The number of carbonyl (C=O) groups is 1. The van der Waals surface area contributed by atoms with Crippen molar-refractivity contribution in [3.63, 3.8) is 0 Å². The Hall–Kier alpha value is -1.06. The van der Waals surface area contributed by atoms with Gasteiger partial charge in [0.15, 0.2) is 0 Å². The number of amides is 1. The molecule has 2 rings (SSSR count). The van der Waals surface area contributed by atoms with Crippen LogP contribution in [0, 0.1) is 0 Å². The first-order valence-corrected chi connectivity index (χ1v) is 6.59. The van der Waals surface area contributed by atoms with E-state index < -0.39 is 0 Å². The van der Waals surface area contributed by atoms with Crippen LogP contribution in [0.5, 0.6) is 0 Å². The highest BCUT2D eigenvalue weighted by Crippen LogP contribution is 2.28. The van der Waals surface area contributed by atoms with E-state index in [1.54, 1.807) is 0 Å². The molecule has 0 aliphatic carbocycles. The normalized spacial score (nSPS) is 22.2. The van der Waals surface area contributed by atoms with Crippen molar-refractivity contribution in [2.45, 2.75) is 38.3 Å². The molecule has 98 valence electrons. The maximum absolute atomic E-state index is 12.3. The van der Waals surface area contributed by atoms with E-state index in [2.05, 4.69) is 0 Å². The van der Waals surface area contributed by atoms with Crippen LogP contribution in [-0.2, 0) is 11.2 Å². The molecule has 0 radical (unpaired) electrons. The first kappa shape index (κ1) is 13.4. The summed E-state index contributed by atoms with van der Waals surface area (Å²) < 4.78 is 0. The quantitative estimate of drug-likeness (QED) is 0.892. The topological polar surface area (TPSA) is 46.3 Å². The van der Waals surface area contributed by atoms with Crippen LogP contribution in [0.25, 0.3) is 0 Å². The molecule has 1 saturated heterocycles. The Morgan fingerprint density at radius 2 is 2.06 bits per heavy atom. The minimum absolute atomic E-state index is 0.0617. The molecule has 0 saturated carbocycles. The van der Waals surface area contributed by atoms with Gasteiger partial charge >= 0.3 is 0 Å². The van der Waals surface area contributed by atoms with Gasteiger partial charge in [-0.05, 0) is 38.0 Å². The van der Waals surface area contributed by atoms with Crippen molar-refractivity contribution in [2.75, 3.05) is 6.54 Å². The molecule has 1 amide bonds. The summed E-state index contributed by atoms with van der Waals surface area (Å²) in [5.74, 6) is 0.135. The Morgan fingerprint density at radius 1 is 1.44 bits per heavy atom. The second-order valence-corrected chi connectivity index (χ2v) is 5.83. The summed E-state index contributed by atoms with van der Waals surface area (Å²) in [6.45, 7) is 4.81. The zero-order valence-corrected chi connectivity index (χ0v) is 11.6. The van der Waals surface area contributed by atoms with Crippen LogP contribution in [0.3, 0.4) is 0 Å². The van der Waals surface area contributed by atoms with Crippen LogP contribution in [0.4, 0.5) is 0 Å². The monoisotopic (exact) mass is 266 g/mol. The van der Waals surface area contributed by atoms with Crippen LogP contribution < -0.4 is 5.73 Å². The third-order valence-electron chi connectivity index (χ3n) is 3.84. The predicted molar refractivity (Wildman–Crippen MR) is 73.5 cm³/mol. The van der Waals surface area contributed by atoms with E-state index in [9.17, 15) is 4.79 Å². The van der Waals surface area contributed by atoms with Crippen molar-refractivity contribution >= 4 is 17.5 Å². The van der Waals surface area contributed by atoms with Gasteiger partial charge in [0, 0.05) is 17.6 Å². The molecule has 1 aliphatic rings. The van der Waals surface area contributed by atoms with Crippen molar-refractivity contribution in [1.29, 1.82) is 0 Å². The van der Waals surface area contributed by atoms with Gasteiger partial charge in [0.2, 0.25) is 5.91 Å². The molecule has 1 heterocycles. The first-order chi connectivity index (χ1) is 8.41. The Bertz CT molecular complexity index is 442. The maximum Gasteiger partial charge on any atom is 0.227 e. The highest BCUT2D eigenvalue weighted by molar-refractivity contribution is 6.30. The molecule has 1 aromatic carbocycles. The highest BCUT2D eigenvalue weighted by atomic mass is 35.5. The number of carbonyl (C=O) groups excluding carboxylic acids is 1. The number of rotatable bonds is 2. The molecule has 2 N–H and O–H groups in total. The summed E-state index contributed by atoms with van der Waals surface area (Å²) in [6, 6.07) is 7.47. The van der Waals surface area contributed by atoms with Gasteiger partial charge in [0.25, 0.3) is 0 Å². The molecule has 1 fully saturated rings. The van der Waals surface area contributed by atoms with Crippen LogP contribution in [-0.4, -0.2) is 28.9 Å². The number of hydrogen-bond donors (Lipinski definition) is 1. The molecule has 1 aliphatic heterocycles. The van der Waals surface area contributed by atoms with Gasteiger partial charge < -0.3 is 10.6 Å². The fraction of sp³-hybridized carbons (Fsp3) is 0.500. The summed E-state index contributed by atoms with van der Waals surface area (Å²) in [5.41, 5.74) is 6.78. The van der Waals surface area contributed by atoms with Gasteiger partial charge in [-0.15, -0.1) is 0 Å². The summed E-state index contributed by atoms with van der Waals surface area (Å²) in [6.07, 6.45) is 1.28. The van der Waals surface area contributed by atoms with Crippen molar-refractivity contribution < 1.29 is 4.79 Å². The third-order valence-corrected chi connectivity index (χ3v) is 4.09. The van der Waals surface area contributed by atoms with E-state index in [4.69, 9.17) is 17.3 Å². The lowest BCUT2D eigenvalue weighted by Gasteiger charge is -2.34. The molecule has 0 spiro atoms. The lowest BCUT2D eigenvalue weighted by Crippen LogP contribution is -2.51. The van der Waals surface area contributed by atoms with Crippen LogP contribution in [0.2, 0.25) is 5.02 Å². The van der Waals surface area contributed by atoms with E-state index in [1.165, 1.54) is 0 Å². The zero-order chi connectivity index (χ0) is 13.3. The molecule has 0 bridgehead atoms. The number of halogens is 1. The molecule has 18 heavy (non-hydrogen) atoms. The van der Waals surface area contributed by atoms with Crippen molar-refractivity contribution in [1.82, 2.24) is 4.90 Å². The summed E-state index contributed by atoms with van der Waals surface area (Å²) in [7, 11) is 0. The molecule has 4 heteroatoms. The zero-order valence-electron chi connectivity index (χ0n) is 10.8. The Kier molecular flexibility index (Phi) is 3.64. The van der Waals surface area contributed by atoms with E-state index in [0.717, 1.165) is 18.5 Å². The Balaban J connectivity index is 2.07. The van der Waals surface area contributed by atoms with E-state index in [0.29, 0.717) is 11.4 Å². The van der Waals surface area contributed by atoms with Gasteiger partial charge in [-0.1, -0.05) is 23.7 Å². The van der Waals surface area contributed by atoms with Crippen molar-refractivity contribution in [2.24, 2.45) is 5.73 Å². The highest BCUT2D eigenvalue weighted by Gasteiger charge is 2.41. The second-order valence-electron chi connectivity index (χ2n) is 5.40. The minimum atomic E-state index is -0.247. The molecule has 3 nitrogen and oxygen atoms in total. The standard InChI is InChI=1S/C14H19ClN2O/c1-14(2)12(16)7-8-17(14)13(18)9-10-3-5-11(15)6-4-10/h3-6,12H,7-9,16H2,1-2H3. The molecular weight excluding hydrogens is 248 g/mol. The smallest absolute Gasteiger partial charge is 0.227 e. The third kappa shape index (κ3) is 2.52. The fourth-order valence-electron chi connectivity index (χ4n) is 2.43. The number of likely N-dealkylation sites (tertiary alicyclic amines) is 1. The van der Waals surface area contributed by atoms with Gasteiger partial charge in [-0.3, -0.25) is 4.79 Å². The van der Waals surface area contributed by atoms with E-state index >= 15 is 0 Å². The molecule has 1 atom stereocenters. The van der Waals surface area contributed by atoms with Crippen LogP contribution >= 0.6 is 11.6 Å². The first-order valence-electron chi connectivity index (χ1n) is 6.22. The largest absolute Gasteiger partial charge is 0.336 e. The number of nitrogens with zero attached hydrogens (tertiary/aromatic N) is 1. The van der Waals surface area contributed by atoms with E-state index in [-0.39, 0.29) is 17.5 Å². The fourth-order valence-corrected chi connectivity index (χ4v) is 2.55. The number of benzene rings is 1. The van der Waals surface area contributed by atoms with Gasteiger partial charge in [-0.2, -0.15) is 0 Å². The average molecular weight is 267 g/mol. The van der Waals surface area contributed by atoms with Gasteiger partial charge in [0.1, 0.15) is 0 Å². The van der Waals surface area contributed by atoms with Crippen molar-refractivity contribution in [3.05, 3.63) is 34.9 Å². The lowest BCUT2D eigenvalue weighted by molar-refractivity contribution is -0.133. The number of hydrogen-bond acceptors (Lipinski definition) is 2. The maximum atomic E-state index is 12.3. The number of nitrogens with two attached hydrogens (primary N) is 1. The summed E-state index contributed by atoms with van der Waals surface area (Å²) in [4.78, 5) is 14.2. The van der Waals surface area contributed by atoms with E-state index in [1.807, 2.05) is 43.0 Å². The SMILES string of the molecule is CC1(C)C(N)CCN1C(=O)Cc1ccc(Cl)cc1. The Labute approximate surface area is 113 Å². The Morgan fingerprint density at radius 3 is 2.56 bits per heavy atom. The second kappa shape index (κ2) is 4.90. The van der Waals surface area contributed by atoms with Crippen LogP contribution in [0.15, 0.2) is 24.3 Å². The summed E-state index contributed by atoms with van der Waals surface area (Å²) in [5, 5.41) is 0.690. The lowest BCUT2D eigenvalue weighted by atomic mass is 9.96. The van der Waals surface area contributed by atoms with Crippen LogP contribution in [0.1, 0.15) is 25.8 Å². The molecule has 0 aromatic heterocycles. The molecular formula is C14H19ClN2O. The predicted octanol–water partition coefficient (Wildman–Crippen LogP) is 2.22. The molecule has 1 aromatic rings.